The van der Waals surface area contributed by atoms with Crippen molar-refractivity contribution in [2.24, 2.45) is 10.2 Å². The average Bonchev–Trinajstić information content (AvgIpc) is 2.80. The van der Waals surface area contributed by atoms with E-state index in [2.05, 4.69) is 20.9 Å². The highest BCUT2D eigenvalue weighted by Crippen LogP contribution is 2.23. The van der Waals surface area contributed by atoms with Crippen LogP contribution in [0.5, 0.6) is 5.75 Å². The number of rotatable bonds is 10. The number of carbonyl (C=O) groups is 4. The van der Waals surface area contributed by atoms with E-state index in [-0.39, 0.29) is 30.1 Å². The fraction of sp³-hybridized carbons (Fsp3) is 0.333. The lowest BCUT2D eigenvalue weighted by Gasteiger charge is -2.23. The van der Waals surface area contributed by atoms with Crippen molar-refractivity contribution in [3.05, 3.63) is 54.1 Å². The number of alkyl carbamates (subject to hydrolysis) is 1. The van der Waals surface area contributed by atoms with Crippen molar-refractivity contribution in [2.45, 2.75) is 26.4 Å². The van der Waals surface area contributed by atoms with Crippen LogP contribution in [0.4, 0.5) is 16.2 Å². The number of phenolic OH excluding ortho intramolecular Hbond substituents is 1. The number of hydrogen-bond donors (Lipinski definition) is 4. The largest absolute Gasteiger partial charge is 0.508 e. The van der Waals surface area contributed by atoms with Crippen LogP contribution in [0, 0.1) is 0 Å². The summed E-state index contributed by atoms with van der Waals surface area (Å²) in [6, 6.07) is 12.4. The Morgan fingerprint density at radius 1 is 0.972 bits per heavy atom. The number of carbonyl (C=O) groups excluding carboxylic acids is 3. The van der Waals surface area contributed by atoms with Crippen LogP contribution in [-0.2, 0) is 14.3 Å². The summed E-state index contributed by atoms with van der Waals surface area (Å²) in [5, 5.41) is 31.5. The first kappa shape index (κ1) is 27.8. The number of nitrogens with zero attached hydrogens (tertiary/aromatic N) is 3. The zero-order valence-corrected chi connectivity index (χ0v) is 20.2. The molecule has 0 unspecified atom stereocenters. The van der Waals surface area contributed by atoms with Gasteiger partial charge in [-0.15, -0.1) is 5.11 Å². The summed E-state index contributed by atoms with van der Waals surface area (Å²) in [4.78, 5) is 49.2. The van der Waals surface area contributed by atoms with Crippen molar-refractivity contribution in [1.82, 2.24) is 15.5 Å². The van der Waals surface area contributed by atoms with Crippen LogP contribution in [0.1, 0.15) is 31.1 Å². The number of benzene rings is 2. The normalized spacial score (nSPS) is 11.1. The lowest BCUT2D eigenvalue weighted by Crippen LogP contribution is -2.46. The number of nitrogens with one attached hydrogen (secondary N) is 2. The van der Waals surface area contributed by atoms with Crippen molar-refractivity contribution < 1.29 is 34.1 Å². The summed E-state index contributed by atoms with van der Waals surface area (Å²) in [7, 11) is 0. The Hall–Kier alpha value is -4.48. The Morgan fingerprint density at radius 2 is 1.64 bits per heavy atom. The molecule has 0 aromatic heterocycles. The summed E-state index contributed by atoms with van der Waals surface area (Å²) in [6.45, 7) is 3.87. The Morgan fingerprint density at radius 3 is 2.28 bits per heavy atom. The van der Waals surface area contributed by atoms with Crippen LogP contribution in [0.25, 0.3) is 0 Å². The third-order valence-electron chi connectivity index (χ3n) is 4.40. The first-order valence-corrected chi connectivity index (χ1v) is 11.0. The van der Waals surface area contributed by atoms with Crippen molar-refractivity contribution in [2.75, 3.05) is 26.2 Å². The van der Waals surface area contributed by atoms with Crippen LogP contribution in [0.15, 0.2) is 58.8 Å². The number of hydrogen-bond acceptors (Lipinski definition) is 8. The Bertz CT molecular complexity index is 1110. The molecule has 3 amide bonds. The van der Waals surface area contributed by atoms with Crippen LogP contribution >= 0.6 is 0 Å². The highest BCUT2D eigenvalue weighted by Gasteiger charge is 2.20. The SMILES string of the molecule is CC(C)(C)OC(=O)NCCN(CC(=O)O)C(=O)CNC(=O)c1ccccc1/N=N/c1ccc(O)cc1. The molecule has 0 spiro atoms. The Balaban J connectivity index is 1.98. The van der Waals surface area contributed by atoms with Gasteiger partial charge in [-0.25, -0.2) is 4.79 Å². The summed E-state index contributed by atoms with van der Waals surface area (Å²) in [6.07, 6.45) is -0.698. The molecular weight excluding hydrogens is 470 g/mol. The van der Waals surface area contributed by atoms with E-state index >= 15 is 0 Å². The lowest BCUT2D eigenvalue weighted by molar-refractivity contribution is -0.144. The minimum Gasteiger partial charge on any atom is -0.508 e. The third kappa shape index (κ3) is 9.79. The van der Waals surface area contributed by atoms with Crippen LogP contribution in [-0.4, -0.2) is 70.8 Å². The van der Waals surface area contributed by atoms with Crippen molar-refractivity contribution in [3.63, 3.8) is 0 Å². The molecule has 0 fully saturated rings. The van der Waals surface area contributed by atoms with Gasteiger partial charge in [-0.1, -0.05) is 12.1 Å². The average molecular weight is 500 g/mol. The van der Waals surface area contributed by atoms with Gasteiger partial charge in [0.05, 0.1) is 23.5 Å². The maximum absolute atomic E-state index is 12.7. The second-order valence-corrected chi connectivity index (χ2v) is 8.55. The molecule has 2 rings (SSSR count). The highest BCUT2D eigenvalue weighted by atomic mass is 16.6. The minimum absolute atomic E-state index is 0.0393. The molecule has 4 N–H and O–H groups in total. The number of azo groups is 1. The Kier molecular flexibility index (Phi) is 9.90. The highest BCUT2D eigenvalue weighted by molar-refractivity contribution is 6.00. The quantitative estimate of drug-likeness (QED) is 0.364. The van der Waals surface area contributed by atoms with Gasteiger partial charge in [-0.05, 0) is 57.2 Å². The maximum atomic E-state index is 12.7. The Labute approximate surface area is 208 Å². The molecule has 0 saturated heterocycles. The van der Waals surface area contributed by atoms with Gasteiger partial charge in [-0.2, -0.15) is 5.11 Å². The first-order chi connectivity index (χ1) is 16.9. The van der Waals surface area contributed by atoms with Gasteiger partial charge in [0.25, 0.3) is 5.91 Å². The fourth-order valence-electron chi connectivity index (χ4n) is 2.81. The van der Waals surface area contributed by atoms with Gasteiger partial charge in [0, 0.05) is 13.1 Å². The molecule has 0 saturated carbocycles. The van der Waals surface area contributed by atoms with Crippen LogP contribution in [0.3, 0.4) is 0 Å². The molecule has 12 heteroatoms. The summed E-state index contributed by atoms with van der Waals surface area (Å²) >= 11 is 0. The van der Waals surface area contributed by atoms with E-state index in [0.717, 1.165) is 4.90 Å². The molecule has 36 heavy (non-hydrogen) atoms. The topological polar surface area (TPSA) is 170 Å². The predicted octanol–water partition coefficient (Wildman–Crippen LogP) is 2.98. The van der Waals surface area contributed by atoms with Gasteiger partial charge in [0.15, 0.2) is 0 Å². The zero-order valence-electron chi connectivity index (χ0n) is 20.2. The van der Waals surface area contributed by atoms with Crippen molar-refractivity contribution >= 4 is 35.3 Å². The second kappa shape index (κ2) is 12.8. The number of carboxylic acid groups (broad SMARTS) is 1. The maximum Gasteiger partial charge on any atom is 0.407 e. The number of amides is 3. The smallest absolute Gasteiger partial charge is 0.407 e. The van der Waals surface area contributed by atoms with Gasteiger partial charge in [0.2, 0.25) is 5.91 Å². The van der Waals surface area contributed by atoms with E-state index < -0.39 is 42.6 Å². The number of phenols is 1. The van der Waals surface area contributed by atoms with Gasteiger partial charge < -0.3 is 30.5 Å². The molecule has 2 aromatic rings. The third-order valence-corrected chi connectivity index (χ3v) is 4.40. The molecule has 0 aliphatic heterocycles. The first-order valence-electron chi connectivity index (χ1n) is 11.0. The molecule has 0 heterocycles. The number of aliphatic carboxylic acids is 1. The number of ether oxygens (including phenoxy) is 1. The van der Waals surface area contributed by atoms with E-state index in [1.165, 1.54) is 18.2 Å². The molecule has 192 valence electrons. The van der Waals surface area contributed by atoms with Crippen LogP contribution < -0.4 is 10.6 Å². The summed E-state index contributed by atoms with van der Waals surface area (Å²) < 4.78 is 5.10. The van der Waals surface area contributed by atoms with E-state index in [1.54, 1.807) is 51.1 Å². The van der Waals surface area contributed by atoms with Gasteiger partial charge >= 0.3 is 12.1 Å². The molecule has 0 radical (unpaired) electrons. The number of aromatic hydroxyl groups is 1. The summed E-state index contributed by atoms with van der Waals surface area (Å²) in [5.41, 5.74) is 0.163. The number of carboxylic acids is 1. The van der Waals surface area contributed by atoms with Gasteiger partial charge in [-0.3, -0.25) is 14.4 Å². The van der Waals surface area contributed by atoms with Gasteiger partial charge in [0.1, 0.15) is 17.9 Å². The zero-order chi connectivity index (χ0) is 26.7. The van der Waals surface area contributed by atoms with E-state index in [1.807, 2.05) is 0 Å². The standard InChI is InChI=1S/C24H29N5O7/c1-24(2,3)36-23(35)25-12-13-29(15-21(32)33)20(31)14-26-22(34)18-6-4-5-7-19(18)28-27-16-8-10-17(30)11-9-16/h4-11,30H,12-15H2,1-3H3,(H,25,35)(H,26,34)(H,32,33)/b28-27+. The van der Waals surface area contributed by atoms with E-state index in [0.29, 0.717) is 5.69 Å². The van der Waals surface area contributed by atoms with Crippen molar-refractivity contribution in [1.29, 1.82) is 0 Å². The fourth-order valence-corrected chi connectivity index (χ4v) is 2.81. The molecule has 0 bridgehead atoms. The molecule has 12 nitrogen and oxygen atoms in total. The van der Waals surface area contributed by atoms with E-state index in [9.17, 15) is 24.3 Å². The monoisotopic (exact) mass is 499 g/mol. The molecule has 2 aromatic carbocycles. The molecule has 0 atom stereocenters. The molecule has 0 aliphatic rings. The lowest BCUT2D eigenvalue weighted by atomic mass is 10.1. The van der Waals surface area contributed by atoms with E-state index in [4.69, 9.17) is 9.84 Å². The second-order valence-electron chi connectivity index (χ2n) is 8.55. The summed E-state index contributed by atoms with van der Waals surface area (Å²) in [5.74, 6) is -2.42. The molecular formula is C24H29N5O7. The predicted molar refractivity (Wildman–Crippen MR) is 130 cm³/mol. The minimum atomic E-state index is -1.24. The van der Waals surface area contributed by atoms with Crippen molar-refractivity contribution in [3.8, 4) is 5.75 Å². The molecule has 0 aliphatic carbocycles. The van der Waals surface area contributed by atoms with Crippen LogP contribution in [0.2, 0.25) is 0 Å².